The molecule has 0 atom stereocenters. The van der Waals surface area contributed by atoms with Crippen LogP contribution in [0.1, 0.15) is 4.88 Å². The number of ether oxygens (including phenoxy) is 1. The molecule has 2 aromatic carbocycles. The maximum Gasteiger partial charge on any atom is 0.280 e. The standard InChI is InChI=1S/C14H10ClNO2S/c15-13-12(8-17)19-14(16-13)18-11-6-5-9-3-1-2-4-10(9)7-11/h1-7,17H,8H2. The maximum atomic E-state index is 9.07. The van der Waals surface area contributed by atoms with Crippen molar-refractivity contribution in [3.63, 3.8) is 0 Å². The van der Waals surface area contributed by atoms with Gasteiger partial charge in [0.1, 0.15) is 10.9 Å². The summed E-state index contributed by atoms with van der Waals surface area (Å²) in [7, 11) is 0. The molecule has 3 rings (SSSR count). The number of aliphatic hydroxyl groups is 1. The van der Waals surface area contributed by atoms with Gasteiger partial charge in [0.25, 0.3) is 5.19 Å². The van der Waals surface area contributed by atoms with Crippen LogP contribution in [0.25, 0.3) is 10.8 Å². The third-order valence-corrected chi connectivity index (χ3v) is 4.04. The fraction of sp³-hybridized carbons (Fsp3) is 0.0714. The van der Waals surface area contributed by atoms with E-state index in [1.54, 1.807) is 0 Å². The van der Waals surface area contributed by atoms with Crippen LogP contribution in [-0.2, 0) is 6.61 Å². The highest BCUT2D eigenvalue weighted by atomic mass is 35.5. The molecule has 0 saturated carbocycles. The van der Waals surface area contributed by atoms with Gasteiger partial charge in [-0.1, -0.05) is 53.3 Å². The van der Waals surface area contributed by atoms with Crippen LogP contribution in [0.4, 0.5) is 0 Å². The molecule has 19 heavy (non-hydrogen) atoms. The predicted octanol–water partition coefficient (Wildman–Crippen LogP) is 4.23. The number of hydrogen-bond acceptors (Lipinski definition) is 4. The first-order chi connectivity index (χ1) is 9.26. The topological polar surface area (TPSA) is 42.4 Å². The van der Waals surface area contributed by atoms with Crippen molar-refractivity contribution < 1.29 is 9.84 Å². The van der Waals surface area contributed by atoms with Crippen molar-refractivity contribution >= 4 is 33.7 Å². The molecule has 0 aliphatic carbocycles. The molecule has 5 heteroatoms. The molecule has 0 fully saturated rings. The van der Waals surface area contributed by atoms with Gasteiger partial charge < -0.3 is 9.84 Å². The van der Waals surface area contributed by atoms with E-state index in [2.05, 4.69) is 4.98 Å². The number of aromatic nitrogens is 1. The van der Waals surface area contributed by atoms with E-state index in [1.807, 2.05) is 42.5 Å². The van der Waals surface area contributed by atoms with Gasteiger partial charge in [0.05, 0.1) is 11.5 Å². The lowest BCUT2D eigenvalue weighted by molar-refractivity contribution is 0.285. The number of benzene rings is 2. The van der Waals surface area contributed by atoms with Gasteiger partial charge >= 0.3 is 0 Å². The van der Waals surface area contributed by atoms with Gasteiger partial charge in [-0.25, -0.2) is 0 Å². The smallest absolute Gasteiger partial charge is 0.280 e. The molecule has 1 aromatic heterocycles. The van der Waals surface area contributed by atoms with E-state index < -0.39 is 0 Å². The Morgan fingerprint density at radius 2 is 1.95 bits per heavy atom. The largest absolute Gasteiger partial charge is 0.431 e. The van der Waals surface area contributed by atoms with Crippen LogP contribution < -0.4 is 4.74 Å². The van der Waals surface area contributed by atoms with E-state index in [0.717, 1.165) is 10.8 Å². The Labute approximate surface area is 119 Å². The van der Waals surface area contributed by atoms with E-state index in [0.29, 0.717) is 21.0 Å². The van der Waals surface area contributed by atoms with Crippen LogP contribution in [0.5, 0.6) is 10.9 Å². The minimum Gasteiger partial charge on any atom is -0.431 e. The molecule has 0 amide bonds. The fourth-order valence-electron chi connectivity index (χ4n) is 1.79. The Hall–Kier alpha value is -1.62. The number of rotatable bonds is 3. The van der Waals surface area contributed by atoms with Crippen LogP contribution in [0.2, 0.25) is 5.15 Å². The molecule has 0 unspecified atom stereocenters. The molecule has 3 aromatic rings. The second-order valence-corrected chi connectivity index (χ2v) is 5.37. The van der Waals surface area contributed by atoms with Crippen molar-refractivity contribution in [1.82, 2.24) is 4.98 Å². The van der Waals surface area contributed by atoms with Crippen LogP contribution in [0.3, 0.4) is 0 Å². The summed E-state index contributed by atoms with van der Waals surface area (Å²) in [5.41, 5.74) is 0. The summed E-state index contributed by atoms with van der Waals surface area (Å²) in [6, 6.07) is 13.9. The first-order valence-corrected chi connectivity index (χ1v) is 6.88. The number of thiazole rings is 1. The fourth-order valence-corrected chi connectivity index (χ4v) is 2.77. The number of aliphatic hydroxyl groups excluding tert-OH is 1. The molecule has 3 nitrogen and oxygen atoms in total. The lowest BCUT2D eigenvalue weighted by atomic mass is 10.1. The molecule has 1 N–H and O–H groups in total. The number of hydrogen-bond donors (Lipinski definition) is 1. The highest BCUT2D eigenvalue weighted by Gasteiger charge is 2.10. The molecule has 0 radical (unpaired) electrons. The summed E-state index contributed by atoms with van der Waals surface area (Å²) >= 11 is 7.11. The molecule has 1 heterocycles. The summed E-state index contributed by atoms with van der Waals surface area (Å²) in [5.74, 6) is 0.702. The van der Waals surface area contributed by atoms with E-state index in [-0.39, 0.29) is 6.61 Å². The van der Waals surface area contributed by atoms with Gasteiger partial charge in [-0.2, -0.15) is 4.98 Å². The molecular formula is C14H10ClNO2S. The lowest BCUT2D eigenvalue weighted by Gasteiger charge is -2.03. The van der Waals surface area contributed by atoms with Crippen LogP contribution in [-0.4, -0.2) is 10.1 Å². The van der Waals surface area contributed by atoms with Crippen LogP contribution in [0.15, 0.2) is 42.5 Å². The van der Waals surface area contributed by atoms with Gasteiger partial charge in [0.2, 0.25) is 0 Å². The summed E-state index contributed by atoms with van der Waals surface area (Å²) < 4.78 is 5.66. The molecular weight excluding hydrogens is 282 g/mol. The maximum absolute atomic E-state index is 9.07. The highest BCUT2D eigenvalue weighted by Crippen LogP contribution is 2.32. The zero-order valence-corrected chi connectivity index (χ0v) is 11.4. The quantitative estimate of drug-likeness (QED) is 0.785. The van der Waals surface area contributed by atoms with Crippen molar-refractivity contribution in [3.05, 3.63) is 52.5 Å². The Bertz CT molecular complexity index is 726. The molecule has 0 aliphatic rings. The second kappa shape index (κ2) is 5.17. The Balaban J connectivity index is 1.91. The number of fused-ring (bicyclic) bond motifs is 1. The summed E-state index contributed by atoms with van der Waals surface area (Å²) in [6.07, 6.45) is 0. The number of halogens is 1. The molecule has 96 valence electrons. The zero-order chi connectivity index (χ0) is 13.2. The number of nitrogens with zero attached hydrogens (tertiary/aromatic N) is 1. The van der Waals surface area contributed by atoms with E-state index in [1.165, 1.54) is 11.3 Å². The SMILES string of the molecule is OCc1sc(Oc2ccc3ccccc3c2)nc1Cl. The first-order valence-electron chi connectivity index (χ1n) is 5.69. The normalized spacial score (nSPS) is 10.8. The minimum absolute atomic E-state index is 0.127. The van der Waals surface area contributed by atoms with Crippen molar-refractivity contribution in [2.45, 2.75) is 6.61 Å². The van der Waals surface area contributed by atoms with Crippen molar-refractivity contribution in [1.29, 1.82) is 0 Å². The first kappa shape index (κ1) is 12.4. The highest BCUT2D eigenvalue weighted by molar-refractivity contribution is 7.13. The van der Waals surface area contributed by atoms with Crippen molar-refractivity contribution in [2.24, 2.45) is 0 Å². The van der Waals surface area contributed by atoms with Gasteiger partial charge in [0, 0.05) is 0 Å². The molecule has 0 aliphatic heterocycles. The summed E-state index contributed by atoms with van der Waals surface area (Å²) in [4.78, 5) is 4.67. The minimum atomic E-state index is -0.127. The molecule has 0 bridgehead atoms. The van der Waals surface area contributed by atoms with Gasteiger partial charge in [-0.3, -0.25) is 0 Å². The van der Waals surface area contributed by atoms with Gasteiger partial charge in [-0.05, 0) is 22.9 Å². The molecule has 0 saturated heterocycles. The molecule has 0 spiro atoms. The monoisotopic (exact) mass is 291 g/mol. The lowest BCUT2D eigenvalue weighted by Crippen LogP contribution is -1.83. The Morgan fingerprint density at radius 3 is 2.68 bits per heavy atom. The average Bonchev–Trinajstić information content (AvgIpc) is 2.78. The van der Waals surface area contributed by atoms with E-state index in [9.17, 15) is 0 Å². The third kappa shape index (κ3) is 2.56. The van der Waals surface area contributed by atoms with Crippen LogP contribution >= 0.6 is 22.9 Å². The third-order valence-electron chi connectivity index (χ3n) is 2.70. The van der Waals surface area contributed by atoms with Gasteiger partial charge in [-0.15, -0.1) is 0 Å². The zero-order valence-electron chi connectivity index (χ0n) is 9.84. The predicted molar refractivity (Wildman–Crippen MR) is 77.1 cm³/mol. The van der Waals surface area contributed by atoms with Crippen molar-refractivity contribution in [3.8, 4) is 10.9 Å². The average molecular weight is 292 g/mol. The van der Waals surface area contributed by atoms with E-state index >= 15 is 0 Å². The van der Waals surface area contributed by atoms with Crippen LogP contribution in [0, 0.1) is 0 Å². The van der Waals surface area contributed by atoms with Crippen molar-refractivity contribution in [2.75, 3.05) is 0 Å². The Morgan fingerprint density at radius 1 is 1.16 bits per heavy atom. The second-order valence-electron chi connectivity index (χ2n) is 3.96. The summed E-state index contributed by atoms with van der Waals surface area (Å²) in [5, 5.41) is 12.1. The summed E-state index contributed by atoms with van der Waals surface area (Å²) in [6.45, 7) is -0.127. The van der Waals surface area contributed by atoms with E-state index in [4.69, 9.17) is 21.4 Å². The van der Waals surface area contributed by atoms with Gasteiger partial charge in [0.15, 0.2) is 0 Å². The Kier molecular flexibility index (Phi) is 3.38.